The van der Waals surface area contributed by atoms with Crippen LogP contribution in [0.2, 0.25) is 0 Å². The van der Waals surface area contributed by atoms with Crippen LogP contribution in [-0.4, -0.2) is 69.0 Å². The molecule has 0 amide bonds. The van der Waals surface area contributed by atoms with E-state index >= 15 is 4.39 Å². The molecule has 45 heavy (non-hydrogen) atoms. The highest BCUT2D eigenvalue weighted by Crippen LogP contribution is 2.43. The van der Waals surface area contributed by atoms with E-state index in [0.717, 1.165) is 51.6 Å². The smallest absolute Gasteiger partial charge is 0.319 e. The summed E-state index contributed by atoms with van der Waals surface area (Å²) in [7, 11) is 0. The number of aryl methyl sites for hydroxylation is 1. The first-order chi connectivity index (χ1) is 21.8. The lowest BCUT2D eigenvalue weighted by Gasteiger charge is -2.44. The fourth-order valence-electron chi connectivity index (χ4n) is 8.76. The highest BCUT2D eigenvalue weighted by atomic mass is 19.1. The Labute approximate surface area is 260 Å². The third kappa shape index (κ3) is 4.78. The van der Waals surface area contributed by atoms with Crippen molar-refractivity contribution in [3.63, 3.8) is 0 Å². The van der Waals surface area contributed by atoms with Crippen molar-refractivity contribution in [1.82, 2.24) is 19.9 Å². The van der Waals surface area contributed by atoms with E-state index in [1.165, 1.54) is 18.6 Å². The maximum absolute atomic E-state index is 16.9. The Bertz CT molecular complexity index is 1800. The van der Waals surface area contributed by atoms with Gasteiger partial charge in [0, 0.05) is 37.3 Å². The van der Waals surface area contributed by atoms with Gasteiger partial charge in [0.2, 0.25) is 0 Å². The largest absolute Gasteiger partial charge is 0.508 e. The maximum atomic E-state index is 16.9. The second kappa shape index (κ2) is 11.0. The lowest BCUT2D eigenvalue weighted by molar-refractivity contribution is 0.107. The molecular formula is C35H38F3N5O2. The molecule has 236 valence electrons. The average molecular weight is 618 g/mol. The van der Waals surface area contributed by atoms with Crippen molar-refractivity contribution < 1.29 is 23.0 Å². The summed E-state index contributed by atoms with van der Waals surface area (Å²) in [5.74, 6) is 0.166. The first kappa shape index (κ1) is 28.8. The van der Waals surface area contributed by atoms with E-state index in [1.807, 2.05) is 6.92 Å². The van der Waals surface area contributed by atoms with Crippen LogP contribution in [0.1, 0.15) is 63.9 Å². The van der Waals surface area contributed by atoms with Crippen LogP contribution < -0.4 is 9.64 Å². The van der Waals surface area contributed by atoms with Gasteiger partial charge in [0.15, 0.2) is 5.82 Å². The van der Waals surface area contributed by atoms with E-state index in [1.54, 1.807) is 18.3 Å². The molecule has 2 aromatic heterocycles. The fourth-order valence-corrected chi connectivity index (χ4v) is 8.76. The van der Waals surface area contributed by atoms with Crippen LogP contribution in [0, 0.1) is 17.6 Å². The van der Waals surface area contributed by atoms with Crippen molar-refractivity contribution in [1.29, 1.82) is 0 Å². The number of phenolic OH excluding ortho intramolecular Hbond substituents is 1. The van der Waals surface area contributed by atoms with E-state index in [4.69, 9.17) is 9.72 Å². The number of nitrogens with zero attached hydrogens (tertiary/aromatic N) is 5. The number of pyridine rings is 1. The number of anilines is 1. The molecule has 4 fully saturated rings. The number of hydrogen-bond acceptors (Lipinski definition) is 7. The summed E-state index contributed by atoms with van der Waals surface area (Å²) in [4.78, 5) is 18.6. The first-order valence-electron chi connectivity index (χ1n) is 16.4. The zero-order chi connectivity index (χ0) is 30.9. The predicted molar refractivity (Wildman–Crippen MR) is 167 cm³/mol. The number of alkyl halides is 1. The molecule has 1 saturated carbocycles. The Balaban J connectivity index is 1.28. The van der Waals surface area contributed by atoms with Gasteiger partial charge in [0.05, 0.1) is 10.9 Å². The Morgan fingerprint density at radius 1 is 1.09 bits per heavy atom. The maximum Gasteiger partial charge on any atom is 0.319 e. The van der Waals surface area contributed by atoms with Crippen LogP contribution in [0.3, 0.4) is 0 Å². The Hall–Kier alpha value is -3.66. The summed E-state index contributed by atoms with van der Waals surface area (Å²) in [6, 6.07) is 6.30. The van der Waals surface area contributed by atoms with Crippen LogP contribution in [0.25, 0.3) is 32.9 Å². The first-order valence-corrected chi connectivity index (χ1v) is 16.4. The second-order valence-corrected chi connectivity index (χ2v) is 13.5. The molecule has 8 rings (SSSR count). The molecule has 2 aromatic carbocycles. The number of phenols is 1. The van der Waals surface area contributed by atoms with E-state index in [-0.39, 0.29) is 29.6 Å². The van der Waals surface area contributed by atoms with E-state index in [9.17, 15) is 13.9 Å². The van der Waals surface area contributed by atoms with Crippen LogP contribution in [0.4, 0.5) is 19.0 Å². The van der Waals surface area contributed by atoms with Gasteiger partial charge in [-0.15, -0.1) is 0 Å². The number of fused-ring (bicyclic) bond motifs is 5. The number of aromatic nitrogens is 3. The van der Waals surface area contributed by atoms with Gasteiger partial charge in [-0.3, -0.25) is 9.88 Å². The lowest BCUT2D eigenvalue weighted by atomic mass is 9.79. The van der Waals surface area contributed by atoms with Gasteiger partial charge >= 0.3 is 6.01 Å². The third-order valence-corrected chi connectivity index (χ3v) is 10.9. The second-order valence-electron chi connectivity index (χ2n) is 13.5. The van der Waals surface area contributed by atoms with Gasteiger partial charge in [0.1, 0.15) is 41.4 Å². The Morgan fingerprint density at radius 3 is 2.84 bits per heavy atom. The molecule has 7 nitrogen and oxygen atoms in total. The molecule has 4 aromatic rings. The summed E-state index contributed by atoms with van der Waals surface area (Å²) in [6.07, 6.45) is 8.89. The predicted octanol–water partition coefficient (Wildman–Crippen LogP) is 7.12. The van der Waals surface area contributed by atoms with Gasteiger partial charge in [-0.2, -0.15) is 9.97 Å². The van der Waals surface area contributed by atoms with Gasteiger partial charge in [0.25, 0.3) is 0 Å². The fraction of sp³-hybridized carbons (Fsp3) is 0.514. The van der Waals surface area contributed by atoms with Crippen LogP contribution >= 0.6 is 0 Å². The Kier molecular flexibility index (Phi) is 7.04. The highest BCUT2D eigenvalue weighted by molar-refractivity contribution is 6.01. The molecule has 1 N–H and O–H groups in total. The quantitative estimate of drug-likeness (QED) is 0.247. The normalized spacial score (nSPS) is 26.6. The number of rotatable bonds is 6. The molecule has 5 heterocycles. The van der Waals surface area contributed by atoms with Crippen molar-refractivity contribution in [2.24, 2.45) is 5.92 Å². The molecule has 2 bridgehead atoms. The molecule has 0 radical (unpaired) electrons. The summed E-state index contributed by atoms with van der Waals surface area (Å²) < 4.78 is 52.6. The minimum absolute atomic E-state index is 0.0210. The van der Waals surface area contributed by atoms with Crippen LogP contribution in [-0.2, 0) is 6.42 Å². The molecule has 3 aliphatic heterocycles. The zero-order valence-electron chi connectivity index (χ0n) is 25.5. The monoisotopic (exact) mass is 617 g/mol. The summed E-state index contributed by atoms with van der Waals surface area (Å²) in [5, 5.41) is 12.2. The number of ether oxygens (including phenoxy) is 1. The zero-order valence-corrected chi connectivity index (χ0v) is 25.5. The third-order valence-electron chi connectivity index (χ3n) is 10.9. The van der Waals surface area contributed by atoms with Gasteiger partial charge in [-0.1, -0.05) is 25.8 Å². The average Bonchev–Trinajstić information content (AvgIpc) is 3.56. The topological polar surface area (TPSA) is 74.6 Å². The van der Waals surface area contributed by atoms with Crippen LogP contribution in [0.15, 0.2) is 30.5 Å². The number of halogens is 3. The number of piperidine rings is 1. The van der Waals surface area contributed by atoms with Gasteiger partial charge < -0.3 is 14.7 Å². The van der Waals surface area contributed by atoms with E-state index in [2.05, 4.69) is 19.8 Å². The molecule has 4 atom stereocenters. The number of benzene rings is 2. The number of hydrogen-bond donors (Lipinski definition) is 1. The van der Waals surface area contributed by atoms with Crippen molar-refractivity contribution in [3.05, 3.63) is 47.7 Å². The minimum atomic E-state index is -0.893. The van der Waals surface area contributed by atoms with E-state index < -0.39 is 23.3 Å². The minimum Gasteiger partial charge on any atom is -0.508 e. The van der Waals surface area contributed by atoms with Crippen molar-refractivity contribution in [2.75, 3.05) is 31.1 Å². The highest BCUT2D eigenvalue weighted by Gasteiger charge is 2.49. The summed E-state index contributed by atoms with van der Waals surface area (Å²) in [5.41, 5.74) is 0.381. The van der Waals surface area contributed by atoms with Gasteiger partial charge in [-0.05, 0) is 85.5 Å². The van der Waals surface area contributed by atoms with Gasteiger partial charge in [-0.25, -0.2) is 13.2 Å². The number of aromatic hydroxyl groups is 1. The standard InChI is InChI=1S/C35H38F3N5O2/c1-2-25-28(37)8-7-21-14-24(44)15-26(29(21)25)31-30(38)32-27(17-39-31)33(43-12-9-20-5-3-6-23(43)13-20)41-34(40-32)45-19-35-10-4-11-42(35)18-22(36)16-35/h7-8,14-15,17,20,22-23,44H,2-6,9-13,16,18-19H2,1H3/t20?,22-,23?,35+/m1/s1. The summed E-state index contributed by atoms with van der Waals surface area (Å²) in [6.45, 7) is 4.13. The molecule has 0 spiro atoms. The van der Waals surface area contributed by atoms with Crippen molar-refractivity contribution >= 4 is 27.5 Å². The molecule has 1 aliphatic carbocycles. The molecule has 2 unspecified atom stereocenters. The SMILES string of the molecule is CCc1c(F)ccc2cc(O)cc(-c3ncc4c(N5CCC6CCCC5C6)nc(OC[C@@]56CCCN5C[C@H](F)C6)nc4c3F)c12. The molecule has 3 saturated heterocycles. The molecule has 10 heteroatoms. The van der Waals surface area contributed by atoms with Crippen molar-refractivity contribution in [2.45, 2.75) is 82.5 Å². The summed E-state index contributed by atoms with van der Waals surface area (Å²) >= 11 is 0. The van der Waals surface area contributed by atoms with E-state index in [0.29, 0.717) is 64.4 Å². The molecular weight excluding hydrogens is 579 g/mol. The Morgan fingerprint density at radius 2 is 1.98 bits per heavy atom. The van der Waals surface area contributed by atoms with Crippen LogP contribution in [0.5, 0.6) is 11.8 Å². The van der Waals surface area contributed by atoms with Crippen molar-refractivity contribution in [3.8, 4) is 23.0 Å². The molecule has 4 aliphatic rings. The lowest BCUT2D eigenvalue weighted by Crippen LogP contribution is -2.45.